The molecule has 0 bridgehead atoms. The van der Waals surface area contributed by atoms with E-state index >= 15 is 0 Å². The van der Waals surface area contributed by atoms with E-state index in [0.29, 0.717) is 0 Å². The molecule has 1 N–H and O–H groups in total. The molecule has 1 aromatic carbocycles. The second kappa shape index (κ2) is 7.12. The number of nitrogens with zero attached hydrogens (tertiary/aromatic N) is 2. The van der Waals surface area contributed by atoms with Gasteiger partial charge >= 0.3 is 0 Å². The molecule has 0 amide bonds. The maximum Gasteiger partial charge on any atom is 0.242 e. The largest absolute Gasteiger partial charge is 0.385 e. The molecule has 0 unspecified atom stereocenters. The maximum absolute atomic E-state index is 12.2. The van der Waals surface area contributed by atoms with Crippen molar-refractivity contribution in [3.63, 3.8) is 0 Å². The molecule has 0 saturated carbocycles. The highest BCUT2D eigenvalue weighted by Gasteiger charge is 2.19. The van der Waals surface area contributed by atoms with Gasteiger partial charge in [0.1, 0.15) is 0 Å². The molecule has 19 heavy (non-hydrogen) atoms. The summed E-state index contributed by atoms with van der Waals surface area (Å²) < 4.78 is 25.5. The molecule has 0 aromatic heterocycles. The molecular formula is C13H19N3O2S. The summed E-state index contributed by atoms with van der Waals surface area (Å²) in [6.07, 6.45) is 1.20. The number of nitrogens with one attached hydrogen (secondary N) is 1. The fourth-order valence-electron chi connectivity index (χ4n) is 1.52. The summed E-state index contributed by atoms with van der Waals surface area (Å²) in [5.41, 5.74) is 0.903. The Hall–Kier alpha value is -1.58. The Labute approximate surface area is 114 Å². The lowest BCUT2D eigenvalue weighted by molar-refractivity contribution is 0.476. The number of benzene rings is 1. The number of hydrogen-bond acceptors (Lipinski definition) is 4. The first kappa shape index (κ1) is 15.5. The normalized spacial score (nSPS) is 11.3. The quantitative estimate of drug-likeness (QED) is 0.830. The van der Waals surface area contributed by atoms with Crippen LogP contribution in [0.3, 0.4) is 0 Å². The first-order valence-electron chi connectivity index (χ1n) is 6.19. The van der Waals surface area contributed by atoms with Crippen molar-refractivity contribution < 1.29 is 8.42 Å². The van der Waals surface area contributed by atoms with Gasteiger partial charge in [-0.3, -0.25) is 0 Å². The average molecular weight is 281 g/mol. The average Bonchev–Trinajstić information content (AvgIpc) is 2.42. The van der Waals surface area contributed by atoms with E-state index < -0.39 is 10.0 Å². The molecule has 0 spiro atoms. The molecule has 0 saturated heterocycles. The topological polar surface area (TPSA) is 73.2 Å². The fraction of sp³-hybridized carbons (Fsp3) is 0.462. The molecule has 0 aliphatic heterocycles. The number of hydrogen-bond donors (Lipinski definition) is 1. The van der Waals surface area contributed by atoms with Gasteiger partial charge in [0.2, 0.25) is 10.0 Å². The number of rotatable bonds is 7. The van der Waals surface area contributed by atoms with E-state index in [-0.39, 0.29) is 17.9 Å². The summed E-state index contributed by atoms with van der Waals surface area (Å²) in [6, 6.07) is 8.60. The Kier molecular flexibility index (Phi) is 5.80. The van der Waals surface area contributed by atoms with Gasteiger partial charge in [0.05, 0.1) is 11.0 Å². The van der Waals surface area contributed by atoms with E-state index in [1.54, 1.807) is 24.3 Å². The molecule has 0 aliphatic carbocycles. The predicted molar refractivity (Wildman–Crippen MR) is 75.3 cm³/mol. The molecule has 104 valence electrons. The first-order chi connectivity index (χ1) is 9.02. The molecule has 6 heteroatoms. The van der Waals surface area contributed by atoms with Crippen molar-refractivity contribution in [3.8, 4) is 6.07 Å². The van der Waals surface area contributed by atoms with Gasteiger partial charge < -0.3 is 5.32 Å². The first-order valence-corrected chi connectivity index (χ1v) is 7.63. The molecule has 1 rings (SSSR count). The summed E-state index contributed by atoms with van der Waals surface area (Å²) in [5, 5.41) is 11.7. The van der Waals surface area contributed by atoms with Crippen LogP contribution < -0.4 is 5.32 Å². The summed E-state index contributed by atoms with van der Waals surface area (Å²) in [4.78, 5) is 0.245. The van der Waals surface area contributed by atoms with Crippen LogP contribution in [0.4, 0.5) is 5.69 Å². The Bertz CT molecular complexity index is 532. The number of sulfonamides is 1. The third-order valence-corrected chi connectivity index (χ3v) is 4.55. The highest BCUT2D eigenvalue weighted by atomic mass is 32.2. The predicted octanol–water partition coefficient (Wildman–Crippen LogP) is 2.04. The van der Waals surface area contributed by atoms with Crippen LogP contribution in [0.1, 0.15) is 19.8 Å². The van der Waals surface area contributed by atoms with Gasteiger partial charge in [-0.05, 0) is 30.7 Å². The van der Waals surface area contributed by atoms with Crippen LogP contribution in [0.15, 0.2) is 29.2 Å². The van der Waals surface area contributed by atoms with E-state index in [0.717, 1.165) is 18.7 Å². The Morgan fingerprint density at radius 3 is 2.47 bits per heavy atom. The van der Waals surface area contributed by atoms with Crippen molar-refractivity contribution in [3.05, 3.63) is 24.3 Å². The molecule has 0 radical (unpaired) electrons. The van der Waals surface area contributed by atoms with Gasteiger partial charge in [-0.1, -0.05) is 6.92 Å². The van der Waals surface area contributed by atoms with Crippen molar-refractivity contribution >= 4 is 15.7 Å². The van der Waals surface area contributed by atoms with E-state index in [4.69, 9.17) is 5.26 Å². The van der Waals surface area contributed by atoms with Crippen LogP contribution in [0, 0.1) is 11.3 Å². The third-order valence-electron chi connectivity index (χ3n) is 2.68. The lowest BCUT2D eigenvalue weighted by Gasteiger charge is -2.16. The summed E-state index contributed by atoms with van der Waals surface area (Å²) in [5.74, 6) is 0. The smallest absolute Gasteiger partial charge is 0.242 e. The zero-order valence-electron chi connectivity index (χ0n) is 11.3. The van der Waals surface area contributed by atoms with Crippen molar-refractivity contribution in [2.45, 2.75) is 24.7 Å². The molecule has 1 aromatic rings. The zero-order chi connectivity index (χ0) is 14.3. The number of nitriles is 1. The van der Waals surface area contributed by atoms with Gasteiger partial charge in [-0.25, -0.2) is 8.42 Å². The van der Waals surface area contributed by atoms with Crippen LogP contribution >= 0.6 is 0 Å². The van der Waals surface area contributed by atoms with Crippen molar-refractivity contribution in [2.24, 2.45) is 0 Å². The minimum Gasteiger partial charge on any atom is -0.385 e. The van der Waals surface area contributed by atoms with Crippen molar-refractivity contribution in [1.29, 1.82) is 5.26 Å². The fourth-order valence-corrected chi connectivity index (χ4v) is 2.69. The number of anilines is 1. The molecule has 5 nitrogen and oxygen atoms in total. The zero-order valence-corrected chi connectivity index (χ0v) is 12.1. The molecule has 0 fully saturated rings. The Morgan fingerprint density at radius 1 is 1.32 bits per heavy atom. The highest BCUT2D eigenvalue weighted by Crippen LogP contribution is 2.17. The molecule has 0 atom stereocenters. The lowest BCUT2D eigenvalue weighted by Crippen LogP contribution is -2.27. The van der Waals surface area contributed by atoms with E-state index in [9.17, 15) is 8.42 Å². The van der Waals surface area contributed by atoms with Crippen LogP contribution in [0.5, 0.6) is 0 Å². The SMILES string of the molecule is CCCNc1ccc(S(=O)(=O)N(C)CCC#N)cc1. The lowest BCUT2D eigenvalue weighted by atomic mass is 10.3. The third kappa shape index (κ3) is 4.23. The van der Waals surface area contributed by atoms with Crippen molar-refractivity contribution in [2.75, 3.05) is 25.5 Å². The van der Waals surface area contributed by atoms with Crippen LogP contribution in [-0.2, 0) is 10.0 Å². The van der Waals surface area contributed by atoms with Gasteiger partial charge in [0, 0.05) is 32.2 Å². The minimum atomic E-state index is -3.49. The van der Waals surface area contributed by atoms with Crippen LogP contribution in [0.2, 0.25) is 0 Å². The van der Waals surface area contributed by atoms with Crippen LogP contribution in [0.25, 0.3) is 0 Å². The van der Waals surface area contributed by atoms with Gasteiger partial charge in [-0.2, -0.15) is 9.57 Å². The van der Waals surface area contributed by atoms with E-state index in [2.05, 4.69) is 12.2 Å². The van der Waals surface area contributed by atoms with Gasteiger partial charge in [0.15, 0.2) is 0 Å². The molecule has 0 aliphatic rings. The van der Waals surface area contributed by atoms with Crippen molar-refractivity contribution in [1.82, 2.24) is 4.31 Å². The van der Waals surface area contributed by atoms with Gasteiger partial charge in [-0.15, -0.1) is 0 Å². The van der Waals surface area contributed by atoms with E-state index in [1.165, 1.54) is 11.4 Å². The molecule has 0 heterocycles. The summed E-state index contributed by atoms with van der Waals surface area (Å²) >= 11 is 0. The summed E-state index contributed by atoms with van der Waals surface area (Å²) in [6.45, 7) is 3.12. The monoisotopic (exact) mass is 281 g/mol. The van der Waals surface area contributed by atoms with Gasteiger partial charge in [0.25, 0.3) is 0 Å². The van der Waals surface area contributed by atoms with Crippen LogP contribution in [-0.4, -0.2) is 32.9 Å². The summed E-state index contributed by atoms with van der Waals surface area (Å²) in [7, 11) is -2.01. The minimum absolute atomic E-state index is 0.186. The van der Waals surface area contributed by atoms with E-state index in [1.807, 2.05) is 6.07 Å². The second-order valence-corrected chi connectivity index (χ2v) is 6.23. The second-order valence-electron chi connectivity index (χ2n) is 4.19. The highest BCUT2D eigenvalue weighted by molar-refractivity contribution is 7.89. The Morgan fingerprint density at radius 2 is 1.95 bits per heavy atom. The standard InChI is InChI=1S/C13H19N3O2S/c1-3-10-15-12-5-7-13(8-6-12)19(17,18)16(2)11-4-9-14/h5-8,15H,3-4,10-11H2,1-2H3. The maximum atomic E-state index is 12.2. The Balaban J connectivity index is 2.82. The molecular weight excluding hydrogens is 262 g/mol.